The van der Waals surface area contributed by atoms with Gasteiger partial charge in [0.15, 0.2) is 5.75 Å². The SMILES string of the molecule is CCOc1cc(N2C(N)=NC(N)=NC23CCCCC3)ccc1[N+](=O)[O-]. The van der Waals surface area contributed by atoms with E-state index in [1.807, 2.05) is 4.90 Å². The van der Waals surface area contributed by atoms with E-state index in [9.17, 15) is 10.1 Å². The van der Waals surface area contributed by atoms with Crippen LogP contribution in [0.4, 0.5) is 11.4 Å². The molecule has 0 aromatic heterocycles. The summed E-state index contributed by atoms with van der Waals surface area (Å²) in [6.45, 7) is 2.10. The summed E-state index contributed by atoms with van der Waals surface area (Å²) in [5.74, 6) is 0.611. The highest BCUT2D eigenvalue weighted by molar-refractivity contribution is 6.05. The summed E-state index contributed by atoms with van der Waals surface area (Å²) in [6, 6.07) is 4.69. The molecule has 0 atom stereocenters. The molecule has 0 saturated heterocycles. The van der Waals surface area contributed by atoms with E-state index >= 15 is 0 Å². The van der Waals surface area contributed by atoms with E-state index in [1.54, 1.807) is 19.1 Å². The number of anilines is 1. The molecule has 0 amide bonds. The van der Waals surface area contributed by atoms with Crippen molar-refractivity contribution >= 4 is 23.3 Å². The van der Waals surface area contributed by atoms with Crippen molar-refractivity contribution in [2.24, 2.45) is 21.5 Å². The minimum Gasteiger partial charge on any atom is -0.487 e. The van der Waals surface area contributed by atoms with Gasteiger partial charge in [0.25, 0.3) is 0 Å². The zero-order valence-corrected chi connectivity index (χ0v) is 14.1. The third-order valence-corrected chi connectivity index (χ3v) is 4.55. The highest BCUT2D eigenvalue weighted by Gasteiger charge is 2.43. The number of aliphatic imine (C=N–C) groups is 2. The Labute approximate surface area is 145 Å². The number of nitro groups is 1. The van der Waals surface area contributed by atoms with Crippen molar-refractivity contribution in [1.82, 2.24) is 0 Å². The Morgan fingerprint density at radius 2 is 2.04 bits per heavy atom. The lowest BCUT2D eigenvalue weighted by Crippen LogP contribution is -2.58. The molecule has 9 heteroatoms. The number of hydrogen-bond acceptors (Lipinski definition) is 8. The number of nitrogens with two attached hydrogens (primary N) is 2. The van der Waals surface area contributed by atoms with Crippen molar-refractivity contribution in [3.63, 3.8) is 0 Å². The van der Waals surface area contributed by atoms with Crippen molar-refractivity contribution < 1.29 is 9.66 Å². The van der Waals surface area contributed by atoms with E-state index in [2.05, 4.69) is 9.98 Å². The fourth-order valence-electron chi connectivity index (χ4n) is 3.56. The molecule has 1 aromatic rings. The predicted molar refractivity (Wildman–Crippen MR) is 95.8 cm³/mol. The minimum absolute atomic E-state index is 0.0844. The van der Waals surface area contributed by atoms with Crippen LogP contribution < -0.4 is 21.1 Å². The van der Waals surface area contributed by atoms with Gasteiger partial charge in [0.05, 0.1) is 17.2 Å². The molecule has 25 heavy (non-hydrogen) atoms. The summed E-state index contributed by atoms with van der Waals surface area (Å²) in [6.07, 6.45) is 4.74. The van der Waals surface area contributed by atoms with Crippen LogP contribution in [0.3, 0.4) is 0 Å². The molecule has 1 aliphatic carbocycles. The van der Waals surface area contributed by atoms with Crippen LogP contribution in [0.15, 0.2) is 28.2 Å². The first-order chi connectivity index (χ1) is 12.0. The van der Waals surface area contributed by atoms with Crippen molar-refractivity contribution in [2.75, 3.05) is 11.5 Å². The molecule has 3 rings (SSSR count). The number of guanidine groups is 2. The van der Waals surface area contributed by atoms with Gasteiger partial charge in [-0.2, -0.15) is 4.99 Å². The van der Waals surface area contributed by atoms with Crippen LogP contribution in [0.5, 0.6) is 5.75 Å². The fourth-order valence-corrected chi connectivity index (χ4v) is 3.56. The van der Waals surface area contributed by atoms with Crippen LogP contribution >= 0.6 is 0 Å². The quantitative estimate of drug-likeness (QED) is 0.633. The van der Waals surface area contributed by atoms with Gasteiger partial charge in [-0.1, -0.05) is 6.42 Å². The average molecular weight is 346 g/mol. The molecule has 134 valence electrons. The second kappa shape index (κ2) is 6.58. The molecule has 1 aromatic carbocycles. The lowest BCUT2D eigenvalue weighted by molar-refractivity contribution is -0.385. The topological polar surface area (TPSA) is 132 Å². The van der Waals surface area contributed by atoms with Gasteiger partial charge in [0.2, 0.25) is 11.9 Å². The largest absolute Gasteiger partial charge is 0.487 e. The molecule has 0 bridgehead atoms. The second-order valence-corrected chi connectivity index (χ2v) is 6.16. The number of benzene rings is 1. The van der Waals surface area contributed by atoms with Gasteiger partial charge >= 0.3 is 5.69 Å². The first-order valence-corrected chi connectivity index (χ1v) is 8.38. The monoisotopic (exact) mass is 346 g/mol. The predicted octanol–water partition coefficient (Wildman–Crippen LogP) is 2.10. The standard InChI is InChI=1S/C16H22N6O3/c1-2-25-13-10-11(6-7-12(13)22(23)24)21-15(18)19-14(17)20-16(21)8-4-3-5-9-16/h6-7,10H,2-5,8-9H2,1H3,(H4,17,18,19,20). The summed E-state index contributed by atoms with van der Waals surface area (Å²) in [4.78, 5) is 21.3. The average Bonchev–Trinajstić information content (AvgIpc) is 2.55. The second-order valence-electron chi connectivity index (χ2n) is 6.16. The molecule has 9 nitrogen and oxygen atoms in total. The first kappa shape index (κ1) is 17.0. The molecule has 1 heterocycles. The number of hydrogen-bond donors (Lipinski definition) is 2. The van der Waals surface area contributed by atoms with E-state index in [0.29, 0.717) is 12.3 Å². The molecule has 0 unspecified atom stereocenters. The highest BCUT2D eigenvalue weighted by Crippen LogP contribution is 2.41. The summed E-state index contributed by atoms with van der Waals surface area (Å²) < 4.78 is 5.45. The van der Waals surface area contributed by atoms with Gasteiger partial charge in [-0.25, -0.2) is 4.99 Å². The molecular formula is C16H22N6O3. The zero-order valence-electron chi connectivity index (χ0n) is 14.1. The molecule has 1 spiro atoms. The fraction of sp³-hybridized carbons (Fsp3) is 0.500. The van der Waals surface area contributed by atoms with E-state index in [4.69, 9.17) is 16.2 Å². The van der Waals surface area contributed by atoms with Gasteiger partial charge in [0, 0.05) is 12.1 Å². The van der Waals surface area contributed by atoms with E-state index in [1.165, 1.54) is 6.07 Å². The van der Waals surface area contributed by atoms with E-state index in [0.717, 1.165) is 32.1 Å². The van der Waals surface area contributed by atoms with Crippen molar-refractivity contribution in [2.45, 2.75) is 44.7 Å². The first-order valence-electron chi connectivity index (χ1n) is 8.38. The van der Waals surface area contributed by atoms with Crippen molar-refractivity contribution in [1.29, 1.82) is 0 Å². The third kappa shape index (κ3) is 3.09. The van der Waals surface area contributed by atoms with Gasteiger partial charge in [-0.3, -0.25) is 15.0 Å². The maximum absolute atomic E-state index is 11.2. The highest BCUT2D eigenvalue weighted by atomic mass is 16.6. The molecular weight excluding hydrogens is 324 g/mol. The maximum atomic E-state index is 11.2. The lowest BCUT2D eigenvalue weighted by atomic mass is 9.87. The Kier molecular flexibility index (Phi) is 4.47. The van der Waals surface area contributed by atoms with Gasteiger partial charge in [-0.05, 0) is 38.7 Å². The smallest absolute Gasteiger partial charge is 0.311 e. The molecule has 4 N–H and O–H groups in total. The Morgan fingerprint density at radius 3 is 2.68 bits per heavy atom. The van der Waals surface area contributed by atoms with Crippen molar-refractivity contribution in [3.8, 4) is 5.75 Å². The molecule has 2 aliphatic rings. The van der Waals surface area contributed by atoms with Crippen LogP contribution in [0.25, 0.3) is 0 Å². The van der Waals surface area contributed by atoms with Crippen molar-refractivity contribution in [3.05, 3.63) is 28.3 Å². The lowest BCUT2D eigenvalue weighted by Gasteiger charge is -2.45. The van der Waals surface area contributed by atoms with Crippen LogP contribution in [-0.2, 0) is 0 Å². The van der Waals surface area contributed by atoms with Crippen LogP contribution in [0.2, 0.25) is 0 Å². The molecule has 1 aliphatic heterocycles. The van der Waals surface area contributed by atoms with Crippen LogP contribution in [0, 0.1) is 10.1 Å². The van der Waals surface area contributed by atoms with Gasteiger partial charge in [0.1, 0.15) is 5.66 Å². The Bertz CT molecular complexity index is 739. The Hall–Kier alpha value is -2.84. The van der Waals surface area contributed by atoms with Gasteiger partial charge in [-0.15, -0.1) is 0 Å². The zero-order chi connectivity index (χ0) is 18.0. The van der Waals surface area contributed by atoms with E-state index < -0.39 is 10.6 Å². The summed E-state index contributed by atoms with van der Waals surface area (Å²) >= 11 is 0. The van der Waals surface area contributed by atoms with Gasteiger partial charge < -0.3 is 16.2 Å². The number of ether oxygens (including phenoxy) is 1. The normalized spacial score (nSPS) is 19.3. The van der Waals surface area contributed by atoms with E-state index in [-0.39, 0.29) is 23.4 Å². The minimum atomic E-state index is -0.589. The number of rotatable bonds is 4. The molecule has 1 fully saturated rings. The van der Waals surface area contributed by atoms with Crippen LogP contribution in [0.1, 0.15) is 39.0 Å². The Balaban J connectivity index is 2.08. The molecule has 0 radical (unpaired) electrons. The molecule has 1 saturated carbocycles. The Morgan fingerprint density at radius 1 is 1.32 bits per heavy atom. The third-order valence-electron chi connectivity index (χ3n) is 4.55. The summed E-state index contributed by atoms with van der Waals surface area (Å²) in [5, 5.41) is 11.2. The maximum Gasteiger partial charge on any atom is 0.311 e. The number of nitro benzene ring substituents is 1. The summed E-state index contributed by atoms with van der Waals surface area (Å²) in [7, 11) is 0. The number of nitrogens with zero attached hydrogens (tertiary/aromatic N) is 4. The summed E-state index contributed by atoms with van der Waals surface area (Å²) in [5.41, 5.74) is 12.0. The van der Waals surface area contributed by atoms with Crippen LogP contribution in [-0.4, -0.2) is 29.1 Å².